The first-order valence-corrected chi connectivity index (χ1v) is 7.22. The number of rotatable bonds is 7. The Morgan fingerprint density at radius 2 is 2.21 bits per heavy atom. The van der Waals surface area contributed by atoms with Crippen molar-refractivity contribution in [2.45, 2.75) is 33.2 Å². The number of hydrogen-bond donors (Lipinski definition) is 1. The van der Waals surface area contributed by atoms with Crippen molar-refractivity contribution in [1.82, 2.24) is 9.97 Å². The zero-order valence-electron chi connectivity index (χ0n) is 11.5. The zero-order chi connectivity index (χ0) is 14.6. The smallest absolute Gasteiger partial charge is 0.343 e. The predicted octanol–water partition coefficient (Wildman–Crippen LogP) is 2.69. The molecule has 7 nitrogen and oxygen atoms in total. The summed E-state index contributed by atoms with van der Waals surface area (Å²) >= 11 is 1.64. The monoisotopic (exact) mass is 286 g/mol. The average molecular weight is 286 g/mol. The topological polar surface area (TPSA) is 101 Å². The fraction of sp³-hybridized carbons (Fsp3) is 0.727. The van der Waals surface area contributed by atoms with Gasteiger partial charge in [0, 0.05) is 11.2 Å². The van der Waals surface area contributed by atoms with Crippen LogP contribution in [0.1, 0.15) is 25.4 Å². The number of nitrogens with one attached hydrogen (secondary N) is 1. The molecule has 1 unspecified atom stereocenters. The molecule has 1 aromatic heterocycles. The Hall–Kier alpha value is -1.44. The molecule has 106 valence electrons. The number of nitroso groups, excluding NO2 is 1. The van der Waals surface area contributed by atoms with E-state index in [1.165, 1.54) is 0 Å². The van der Waals surface area contributed by atoms with Crippen LogP contribution in [0, 0.1) is 27.4 Å². The molecule has 1 aromatic rings. The fourth-order valence-electron chi connectivity index (χ4n) is 1.89. The highest BCUT2D eigenvalue weighted by Gasteiger charge is 2.32. The molecule has 1 atom stereocenters. The fourth-order valence-corrected chi connectivity index (χ4v) is 2.83. The third-order valence-electron chi connectivity index (χ3n) is 3.02. The second kappa shape index (κ2) is 6.14. The minimum atomic E-state index is -0.512. The van der Waals surface area contributed by atoms with Gasteiger partial charge in [0.25, 0.3) is 0 Å². The van der Waals surface area contributed by atoms with Gasteiger partial charge in [-0.15, -0.1) is 0 Å². The van der Waals surface area contributed by atoms with Crippen LogP contribution in [0.4, 0.5) is 5.82 Å². The molecule has 8 heteroatoms. The summed E-state index contributed by atoms with van der Waals surface area (Å²) in [6.07, 6.45) is 2.25. The van der Waals surface area contributed by atoms with Gasteiger partial charge in [0.1, 0.15) is 11.7 Å². The summed E-state index contributed by atoms with van der Waals surface area (Å²) in [5, 5.41) is 13.9. The Morgan fingerprint density at radius 1 is 1.58 bits per heavy atom. The molecule has 1 heterocycles. The van der Waals surface area contributed by atoms with Crippen LogP contribution in [0.3, 0.4) is 0 Å². The summed E-state index contributed by atoms with van der Waals surface area (Å²) in [4.78, 5) is 28.0. The van der Waals surface area contributed by atoms with E-state index < -0.39 is 11.0 Å². The number of H-pyrrole nitrogens is 1. The van der Waals surface area contributed by atoms with E-state index in [2.05, 4.69) is 15.1 Å². The van der Waals surface area contributed by atoms with E-state index in [4.69, 9.17) is 0 Å². The number of aryl methyl sites for hydroxylation is 1. The molecule has 1 N–H and O–H groups in total. The van der Waals surface area contributed by atoms with Crippen molar-refractivity contribution < 1.29 is 4.92 Å². The predicted molar refractivity (Wildman–Crippen MR) is 75.4 cm³/mol. The van der Waals surface area contributed by atoms with Crippen LogP contribution in [0.15, 0.2) is 5.18 Å². The van der Waals surface area contributed by atoms with Gasteiger partial charge in [0.05, 0.1) is 6.42 Å². The maximum atomic E-state index is 11.0. The Labute approximate surface area is 115 Å². The molecule has 0 aliphatic carbocycles. The molecule has 0 amide bonds. The van der Waals surface area contributed by atoms with Gasteiger partial charge < -0.3 is 10.1 Å². The van der Waals surface area contributed by atoms with Gasteiger partial charge in [-0.1, -0.05) is 19.0 Å². The third-order valence-corrected chi connectivity index (χ3v) is 4.06. The van der Waals surface area contributed by atoms with Gasteiger partial charge in [0.2, 0.25) is 0 Å². The Balaban J connectivity index is 2.90. The van der Waals surface area contributed by atoms with Gasteiger partial charge >= 0.3 is 5.82 Å². The normalized spacial score (nSPS) is 13.3. The molecule has 1 rings (SSSR count). The zero-order valence-corrected chi connectivity index (χ0v) is 12.3. The van der Waals surface area contributed by atoms with Crippen LogP contribution >= 0.6 is 11.8 Å². The lowest BCUT2D eigenvalue weighted by Crippen LogP contribution is -2.32. The number of nitrogens with zero attached hydrogens (tertiary/aromatic N) is 3. The second-order valence-corrected chi connectivity index (χ2v) is 5.99. The first kappa shape index (κ1) is 15.6. The van der Waals surface area contributed by atoms with E-state index in [9.17, 15) is 15.0 Å². The molecule has 0 aliphatic heterocycles. The van der Waals surface area contributed by atoms with E-state index in [-0.39, 0.29) is 17.7 Å². The molecular weight excluding hydrogens is 268 g/mol. The van der Waals surface area contributed by atoms with Gasteiger partial charge in [0.15, 0.2) is 5.82 Å². The lowest BCUT2D eigenvalue weighted by molar-refractivity contribution is -0.389. The molecule has 19 heavy (non-hydrogen) atoms. The Bertz CT molecular complexity index is 473. The van der Waals surface area contributed by atoms with Crippen molar-refractivity contribution in [1.29, 1.82) is 0 Å². The highest BCUT2D eigenvalue weighted by Crippen LogP contribution is 2.29. The van der Waals surface area contributed by atoms with Gasteiger partial charge in [-0.05, 0) is 18.1 Å². The standard InChI is InChI=1S/C11H18N4O3S/c1-7-10(15(17)18)13-9(12-7)5-8(14-16)11(2,3)6-19-4/h8H,5-6H2,1-4H3,(H,12,13). The number of nitro groups is 1. The summed E-state index contributed by atoms with van der Waals surface area (Å²) in [6, 6.07) is -0.467. The minimum Gasteiger partial charge on any atom is -0.358 e. The van der Waals surface area contributed by atoms with Crippen molar-refractivity contribution in [3.63, 3.8) is 0 Å². The summed E-state index contributed by atoms with van der Waals surface area (Å²) < 4.78 is 0. The van der Waals surface area contributed by atoms with Gasteiger partial charge in [-0.2, -0.15) is 16.7 Å². The summed E-state index contributed by atoms with van der Waals surface area (Å²) in [5.41, 5.74) is 0.0451. The molecule has 0 bridgehead atoms. The molecule has 0 saturated carbocycles. The lowest BCUT2D eigenvalue weighted by atomic mass is 9.85. The first-order chi connectivity index (χ1) is 8.81. The van der Waals surface area contributed by atoms with Crippen molar-refractivity contribution in [2.75, 3.05) is 12.0 Å². The quantitative estimate of drug-likeness (QED) is 0.471. The van der Waals surface area contributed by atoms with E-state index in [1.54, 1.807) is 18.7 Å². The summed E-state index contributed by atoms with van der Waals surface area (Å²) in [7, 11) is 0. The number of aromatic nitrogens is 2. The molecule has 0 aromatic carbocycles. The van der Waals surface area contributed by atoms with Crippen LogP contribution in [0.25, 0.3) is 0 Å². The van der Waals surface area contributed by atoms with Crippen LogP contribution in [-0.2, 0) is 6.42 Å². The van der Waals surface area contributed by atoms with Crippen LogP contribution in [-0.4, -0.2) is 32.9 Å². The summed E-state index contributed by atoms with van der Waals surface area (Å²) in [5.74, 6) is 1.09. The van der Waals surface area contributed by atoms with Crippen molar-refractivity contribution in [2.24, 2.45) is 10.6 Å². The van der Waals surface area contributed by atoms with E-state index in [0.29, 0.717) is 11.5 Å². The van der Waals surface area contributed by atoms with Crippen LogP contribution in [0.2, 0.25) is 0 Å². The molecule has 0 radical (unpaired) electrons. The number of thioether (sulfide) groups is 1. The third kappa shape index (κ3) is 3.76. The van der Waals surface area contributed by atoms with Gasteiger partial charge in [-0.3, -0.25) is 0 Å². The highest BCUT2D eigenvalue weighted by molar-refractivity contribution is 7.98. The summed E-state index contributed by atoms with van der Waals surface area (Å²) in [6.45, 7) is 5.48. The van der Waals surface area contributed by atoms with Crippen molar-refractivity contribution in [3.8, 4) is 0 Å². The van der Waals surface area contributed by atoms with E-state index in [1.807, 2.05) is 20.1 Å². The average Bonchev–Trinajstić information content (AvgIpc) is 2.67. The second-order valence-electron chi connectivity index (χ2n) is 5.12. The largest absolute Gasteiger partial charge is 0.358 e. The SMILES string of the molecule is CSCC(C)(C)C(Cc1nc(C)c([N+](=O)[O-])[nH]1)N=O. The van der Waals surface area contributed by atoms with Crippen molar-refractivity contribution >= 4 is 17.6 Å². The first-order valence-electron chi connectivity index (χ1n) is 5.83. The minimum absolute atomic E-state index is 0.123. The maximum absolute atomic E-state index is 11.0. The van der Waals surface area contributed by atoms with E-state index in [0.717, 1.165) is 5.75 Å². The van der Waals surface area contributed by atoms with Gasteiger partial charge in [-0.25, -0.2) is 9.97 Å². The highest BCUT2D eigenvalue weighted by atomic mass is 32.2. The molecule has 0 saturated heterocycles. The number of hydrogen-bond acceptors (Lipinski definition) is 6. The lowest BCUT2D eigenvalue weighted by Gasteiger charge is -2.27. The molecular formula is C11H18N4O3S. The Kier molecular flexibility index (Phi) is 5.04. The molecule has 0 aliphatic rings. The Morgan fingerprint density at radius 3 is 2.63 bits per heavy atom. The number of imidazole rings is 1. The van der Waals surface area contributed by atoms with Crippen LogP contribution in [0.5, 0.6) is 0 Å². The maximum Gasteiger partial charge on any atom is 0.343 e. The van der Waals surface area contributed by atoms with Crippen LogP contribution < -0.4 is 0 Å². The van der Waals surface area contributed by atoms with Crippen molar-refractivity contribution in [3.05, 3.63) is 26.5 Å². The number of aromatic amines is 1. The molecule has 0 spiro atoms. The van der Waals surface area contributed by atoms with E-state index >= 15 is 0 Å². The molecule has 0 fully saturated rings.